The highest BCUT2D eigenvalue weighted by Crippen LogP contribution is 2.21. The lowest BCUT2D eigenvalue weighted by Gasteiger charge is -2.09. The molecule has 2 aromatic carbocycles. The molecule has 5 nitrogen and oxygen atoms in total. The van der Waals surface area contributed by atoms with Gasteiger partial charge < -0.3 is 10.1 Å². The molecule has 0 unspecified atom stereocenters. The molecule has 1 amide bonds. The summed E-state index contributed by atoms with van der Waals surface area (Å²) in [5, 5.41) is 7.22. The quantitative estimate of drug-likeness (QED) is 0.562. The normalized spacial score (nSPS) is 10.5. The molecular weight excluding hydrogens is 414 g/mol. The highest BCUT2D eigenvalue weighted by atomic mass is 79.9. The number of benzene rings is 2. The van der Waals surface area contributed by atoms with E-state index in [1.807, 2.05) is 48.5 Å². The molecule has 0 saturated heterocycles. The molecule has 26 heavy (non-hydrogen) atoms. The molecule has 3 aromatic rings. The lowest BCUT2D eigenvalue weighted by molar-refractivity contribution is -0.113. The summed E-state index contributed by atoms with van der Waals surface area (Å²) in [4.78, 5) is 13.3. The Morgan fingerprint density at radius 2 is 1.88 bits per heavy atom. The first-order valence-corrected chi connectivity index (χ1v) is 9.75. The molecule has 1 aromatic heterocycles. The predicted molar refractivity (Wildman–Crippen MR) is 108 cm³/mol. The number of amides is 1. The Bertz CT molecular complexity index is 863. The van der Waals surface area contributed by atoms with Gasteiger partial charge in [-0.1, -0.05) is 28.1 Å². The highest BCUT2D eigenvalue weighted by molar-refractivity contribution is 9.10. The van der Waals surface area contributed by atoms with E-state index in [0.29, 0.717) is 18.1 Å². The van der Waals surface area contributed by atoms with Gasteiger partial charge in [0.25, 0.3) is 0 Å². The summed E-state index contributed by atoms with van der Waals surface area (Å²) >= 11 is 4.90. The second-order valence-electron chi connectivity index (χ2n) is 5.51. The number of thioether (sulfide) groups is 1. The van der Waals surface area contributed by atoms with Gasteiger partial charge in [0.2, 0.25) is 5.91 Å². The number of anilines is 1. The van der Waals surface area contributed by atoms with Crippen LogP contribution in [-0.2, 0) is 11.3 Å². The molecule has 0 atom stereocenters. The molecule has 0 radical (unpaired) electrons. The summed E-state index contributed by atoms with van der Waals surface area (Å²) in [7, 11) is 1.63. The van der Waals surface area contributed by atoms with E-state index >= 15 is 0 Å². The first-order chi connectivity index (χ1) is 12.6. The minimum atomic E-state index is -0.0663. The second-order valence-corrected chi connectivity index (χ2v) is 7.48. The van der Waals surface area contributed by atoms with Gasteiger partial charge in [0.05, 0.1) is 25.6 Å². The molecule has 134 valence electrons. The summed E-state index contributed by atoms with van der Waals surface area (Å²) in [6, 6.07) is 17.5. The molecule has 1 N–H and O–H groups in total. The van der Waals surface area contributed by atoms with E-state index in [4.69, 9.17) is 4.74 Å². The number of carbonyl (C=O) groups excluding carboxylic acids is 1. The van der Waals surface area contributed by atoms with Crippen LogP contribution in [0.1, 0.15) is 5.56 Å². The van der Waals surface area contributed by atoms with Crippen molar-refractivity contribution in [1.29, 1.82) is 0 Å². The van der Waals surface area contributed by atoms with Crippen LogP contribution in [-0.4, -0.2) is 28.6 Å². The van der Waals surface area contributed by atoms with Crippen molar-refractivity contribution in [2.45, 2.75) is 11.4 Å². The van der Waals surface area contributed by atoms with E-state index < -0.39 is 0 Å². The van der Waals surface area contributed by atoms with Gasteiger partial charge in [0, 0.05) is 15.4 Å². The Hall–Kier alpha value is -2.25. The van der Waals surface area contributed by atoms with Gasteiger partial charge in [-0.15, -0.1) is 11.8 Å². The van der Waals surface area contributed by atoms with Crippen molar-refractivity contribution >= 4 is 39.4 Å². The minimum Gasteiger partial charge on any atom is -0.497 e. The Balaban J connectivity index is 1.56. The first kappa shape index (κ1) is 18.5. The fraction of sp³-hybridized carbons (Fsp3) is 0.158. The third kappa shape index (κ3) is 5.12. The van der Waals surface area contributed by atoms with Gasteiger partial charge in [0.15, 0.2) is 0 Å². The third-order valence-electron chi connectivity index (χ3n) is 3.66. The number of carbonyl (C=O) groups is 1. The van der Waals surface area contributed by atoms with Crippen molar-refractivity contribution < 1.29 is 9.53 Å². The molecule has 0 spiro atoms. The van der Waals surface area contributed by atoms with Gasteiger partial charge in [-0.3, -0.25) is 4.79 Å². The summed E-state index contributed by atoms with van der Waals surface area (Å²) in [5.41, 5.74) is 1.11. The van der Waals surface area contributed by atoms with Crippen LogP contribution in [0.4, 0.5) is 5.82 Å². The van der Waals surface area contributed by atoms with Gasteiger partial charge in [0.1, 0.15) is 11.6 Å². The molecular formula is C19H18BrN3O2S. The fourth-order valence-corrected chi connectivity index (χ4v) is 3.29. The number of ether oxygens (including phenoxy) is 1. The molecule has 0 fully saturated rings. The van der Waals surface area contributed by atoms with Gasteiger partial charge in [-0.2, -0.15) is 5.10 Å². The molecule has 3 rings (SSSR count). The number of aromatic nitrogens is 2. The summed E-state index contributed by atoms with van der Waals surface area (Å²) in [5.74, 6) is 1.75. The molecule has 7 heteroatoms. The van der Waals surface area contributed by atoms with Crippen molar-refractivity contribution in [3.63, 3.8) is 0 Å². The molecule has 0 aliphatic heterocycles. The van der Waals surface area contributed by atoms with Crippen LogP contribution in [0.15, 0.2) is 70.2 Å². The SMILES string of the molecule is COc1ccc(SCC(=O)Nc2ccnn2Cc2ccc(Br)cc2)cc1. The van der Waals surface area contributed by atoms with E-state index in [0.717, 1.165) is 20.7 Å². The molecule has 0 aliphatic carbocycles. The summed E-state index contributed by atoms with van der Waals surface area (Å²) in [6.07, 6.45) is 1.69. The number of hydrogen-bond donors (Lipinski definition) is 1. The van der Waals surface area contributed by atoms with Crippen LogP contribution in [0.2, 0.25) is 0 Å². The Kier molecular flexibility index (Phi) is 6.35. The van der Waals surface area contributed by atoms with E-state index in [1.54, 1.807) is 24.1 Å². The van der Waals surface area contributed by atoms with Crippen LogP contribution >= 0.6 is 27.7 Å². The zero-order valence-corrected chi connectivity index (χ0v) is 16.6. The van der Waals surface area contributed by atoms with Crippen molar-refractivity contribution in [1.82, 2.24) is 9.78 Å². The van der Waals surface area contributed by atoms with Gasteiger partial charge >= 0.3 is 0 Å². The molecule has 1 heterocycles. The Morgan fingerprint density at radius 3 is 2.58 bits per heavy atom. The number of halogens is 1. The highest BCUT2D eigenvalue weighted by Gasteiger charge is 2.09. The number of nitrogens with one attached hydrogen (secondary N) is 1. The topological polar surface area (TPSA) is 56.1 Å². The fourth-order valence-electron chi connectivity index (χ4n) is 2.33. The van der Waals surface area contributed by atoms with Crippen LogP contribution in [0.25, 0.3) is 0 Å². The lowest BCUT2D eigenvalue weighted by Crippen LogP contribution is -2.17. The maximum Gasteiger partial charge on any atom is 0.235 e. The zero-order valence-electron chi connectivity index (χ0n) is 14.2. The predicted octanol–water partition coefficient (Wildman–Crippen LogP) is 4.43. The van der Waals surface area contributed by atoms with Crippen LogP contribution in [0.5, 0.6) is 5.75 Å². The monoisotopic (exact) mass is 431 g/mol. The Labute approximate surface area is 164 Å². The van der Waals surface area contributed by atoms with Crippen molar-refractivity contribution in [3.05, 3.63) is 70.8 Å². The molecule has 0 aliphatic rings. The summed E-state index contributed by atoms with van der Waals surface area (Å²) in [6.45, 7) is 0.599. The number of methoxy groups -OCH3 is 1. The number of hydrogen-bond acceptors (Lipinski definition) is 4. The summed E-state index contributed by atoms with van der Waals surface area (Å²) < 4.78 is 7.94. The standard InChI is InChI=1S/C19H18BrN3O2S/c1-25-16-6-8-17(9-7-16)26-13-19(24)22-18-10-11-21-23(18)12-14-2-4-15(20)5-3-14/h2-11H,12-13H2,1H3,(H,22,24). The zero-order chi connectivity index (χ0) is 18.4. The van der Waals surface area contributed by atoms with E-state index in [2.05, 4.69) is 26.3 Å². The molecule has 0 bridgehead atoms. The van der Waals surface area contributed by atoms with E-state index in [-0.39, 0.29) is 5.91 Å². The van der Waals surface area contributed by atoms with Crippen molar-refractivity contribution in [2.24, 2.45) is 0 Å². The van der Waals surface area contributed by atoms with E-state index in [1.165, 1.54) is 11.8 Å². The number of rotatable bonds is 7. The van der Waals surface area contributed by atoms with Crippen LogP contribution in [0, 0.1) is 0 Å². The van der Waals surface area contributed by atoms with Crippen LogP contribution in [0.3, 0.4) is 0 Å². The van der Waals surface area contributed by atoms with Gasteiger partial charge in [-0.05, 0) is 42.0 Å². The second kappa shape index (κ2) is 8.91. The largest absolute Gasteiger partial charge is 0.497 e. The van der Waals surface area contributed by atoms with Crippen molar-refractivity contribution in [3.8, 4) is 5.75 Å². The third-order valence-corrected chi connectivity index (χ3v) is 5.20. The smallest absolute Gasteiger partial charge is 0.235 e. The Morgan fingerprint density at radius 1 is 1.15 bits per heavy atom. The maximum absolute atomic E-state index is 12.3. The lowest BCUT2D eigenvalue weighted by atomic mass is 10.2. The average Bonchev–Trinajstić information content (AvgIpc) is 3.09. The average molecular weight is 432 g/mol. The van der Waals surface area contributed by atoms with Crippen LogP contribution < -0.4 is 10.1 Å². The van der Waals surface area contributed by atoms with Gasteiger partial charge in [-0.25, -0.2) is 4.68 Å². The van der Waals surface area contributed by atoms with Crippen molar-refractivity contribution in [2.75, 3.05) is 18.2 Å². The van der Waals surface area contributed by atoms with E-state index in [9.17, 15) is 4.79 Å². The number of nitrogens with zero attached hydrogens (tertiary/aromatic N) is 2. The molecule has 0 saturated carbocycles. The first-order valence-electron chi connectivity index (χ1n) is 7.97. The minimum absolute atomic E-state index is 0.0663. The maximum atomic E-state index is 12.3.